The van der Waals surface area contributed by atoms with Crippen molar-refractivity contribution in [2.45, 2.75) is 37.5 Å². The molecule has 0 aromatic heterocycles. The number of carbonyl (C=O) groups excluding carboxylic acids is 1. The standard InChI is InChI=1S/C17H25N3O2.2ClH/c18-17(7-4-8-17)16(21)19-11-15-13-20(9-10-22-15)12-14-5-2-1-3-6-14;;/h1-3,5-6,15H,4,7-13,18H2,(H,19,21);2*1H. The molecule has 1 heterocycles. The lowest BCUT2D eigenvalue weighted by molar-refractivity contribution is -0.130. The second-order valence-corrected chi connectivity index (χ2v) is 6.43. The summed E-state index contributed by atoms with van der Waals surface area (Å²) in [5.74, 6) is -0.0254. The summed E-state index contributed by atoms with van der Waals surface area (Å²) in [4.78, 5) is 14.4. The number of hydrogen-bond donors (Lipinski definition) is 2. The molecule has 1 saturated carbocycles. The summed E-state index contributed by atoms with van der Waals surface area (Å²) in [6, 6.07) is 10.4. The van der Waals surface area contributed by atoms with Gasteiger partial charge < -0.3 is 15.8 Å². The van der Waals surface area contributed by atoms with Crippen LogP contribution in [0.2, 0.25) is 0 Å². The van der Waals surface area contributed by atoms with E-state index in [9.17, 15) is 4.79 Å². The van der Waals surface area contributed by atoms with Gasteiger partial charge in [0.15, 0.2) is 0 Å². The highest BCUT2D eigenvalue weighted by Gasteiger charge is 2.40. The summed E-state index contributed by atoms with van der Waals surface area (Å²) < 4.78 is 5.76. The summed E-state index contributed by atoms with van der Waals surface area (Å²) in [6.07, 6.45) is 2.69. The number of halogens is 2. The first-order valence-corrected chi connectivity index (χ1v) is 8.11. The third-order valence-electron chi connectivity index (χ3n) is 4.66. The topological polar surface area (TPSA) is 67.6 Å². The van der Waals surface area contributed by atoms with Gasteiger partial charge in [0, 0.05) is 26.2 Å². The van der Waals surface area contributed by atoms with Crippen molar-refractivity contribution >= 4 is 30.7 Å². The number of hydrogen-bond acceptors (Lipinski definition) is 4. The van der Waals surface area contributed by atoms with Crippen LogP contribution < -0.4 is 11.1 Å². The molecule has 7 heteroatoms. The molecule has 1 aliphatic carbocycles. The first-order chi connectivity index (χ1) is 10.7. The Hall–Kier alpha value is -0.850. The van der Waals surface area contributed by atoms with Gasteiger partial charge in [-0.1, -0.05) is 30.3 Å². The van der Waals surface area contributed by atoms with Crippen molar-refractivity contribution in [1.82, 2.24) is 10.2 Å². The molecule has 1 saturated heterocycles. The minimum absolute atomic E-state index is 0. The summed E-state index contributed by atoms with van der Waals surface area (Å²) in [5.41, 5.74) is 6.71. The van der Waals surface area contributed by atoms with Crippen LogP contribution in [0.1, 0.15) is 24.8 Å². The van der Waals surface area contributed by atoms with E-state index >= 15 is 0 Å². The lowest BCUT2D eigenvalue weighted by Crippen LogP contribution is -2.60. The Labute approximate surface area is 156 Å². The van der Waals surface area contributed by atoms with Gasteiger partial charge in [-0.3, -0.25) is 9.69 Å². The van der Waals surface area contributed by atoms with Crippen molar-refractivity contribution in [1.29, 1.82) is 0 Å². The third kappa shape index (κ3) is 5.33. The quantitative estimate of drug-likeness (QED) is 0.822. The fraction of sp³-hybridized carbons (Fsp3) is 0.588. The Morgan fingerprint density at radius 1 is 1.29 bits per heavy atom. The van der Waals surface area contributed by atoms with Crippen molar-refractivity contribution < 1.29 is 9.53 Å². The van der Waals surface area contributed by atoms with E-state index in [0.717, 1.165) is 38.9 Å². The number of rotatable bonds is 5. The molecule has 0 radical (unpaired) electrons. The van der Waals surface area contributed by atoms with Gasteiger partial charge >= 0.3 is 0 Å². The average molecular weight is 376 g/mol. The predicted octanol–water partition coefficient (Wildman–Crippen LogP) is 1.73. The van der Waals surface area contributed by atoms with Crippen LogP contribution in [0.5, 0.6) is 0 Å². The molecule has 5 nitrogen and oxygen atoms in total. The van der Waals surface area contributed by atoms with Crippen LogP contribution in [0.3, 0.4) is 0 Å². The zero-order valence-electron chi connectivity index (χ0n) is 13.8. The summed E-state index contributed by atoms with van der Waals surface area (Å²) in [7, 11) is 0. The Balaban J connectivity index is 0.00000144. The SMILES string of the molecule is Cl.Cl.NC1(C(=O)NCC2CN(Cc3ccccc3)CCO2)CCC1. The normalized spacial score (nSPS) is 22.5. The maximum atomic E-state index is 12.1. The molecule has 1 amide bonds. The minimum atomic E-state index is -0.627. The van der Waals surface area contributed by atoms with E-state index in [2.05, 4.69) is 34.5 Å². The van der Waals surface area contributed by atoms with Gasteiger partial charge in [-0.15, -0.1) is 24.8 Å². The largest absolute Gasteiger partial charge is 0.374 e. The summed E-state index contributed by atoms with van der Waals surface area (Å²) in [6.45, 7) is 3.95. The van der Waals surface area contributed by atoms with Gasteiger partial charge in [0.25, 0.3) is 0 Å². The molecular formula is C17H27Cl2N3O2. The summed E-state index contributed by atoms with van der Waals surface area (Å²) in [5, 5.41) is 2.96. The van der Waals surface area contributed by atoms with Crippen LogP contribution in [0.15, 0.2) is 30.3 Å². The molecule has 3 N–H and O–H groups in total. The second-order valence-electron chi connectivity index (χ2n) is 6.43. The van der Waals surface area contributed by atoms with E-state index in [0.29, 0.717) is 13.2 Å². The number of nitrogens with two attached hydrogens (primary N) is 1. The highest BCUT2D eigenvalue weighted by Crippen LogP contribution is 2.29. The van der Waals surface area contributed by atoms with Crippen LogP contribution in [-0.4, -0.2) is 48.7 Å². The Morgan fingerprint density at radius 2 is 2.00 bits per heavy atom. The monoisotopic (exact) mass is 375 g/mol. The fourth-order valence-electron chi connectivity index (χ4n) is 3.06. The Morgan fingerprint density at radius 3 is 2.62 bits per heavy atom. The lowest BCUT2D eigenvalue weighted by Gasteiger charge is -2.37. The van der Waals surface area contributed by atoms with Crippen molar-refractivity contribution in [3.63, 3.8) is 0 Å². The average Bonchev–Trinajstić information content (AvgIpc) is 2.51. The van der Waals surface area contributed by atoms with Crippen molar-refractivity contribution in [3.05, 3.63) is 35.9 Å². The van der Waals surface area contributed by atoms with Crippen LogP contribution >= 0.6 is 24.8 Å². The van der Waals surface area contributed by atoms with Crippen molar-refractivity contribution in [2.75, 3.05) is 26.2 Å². The second kappa shape index (κ2) is 9.59. The molecule has 0 spiro atoms. The van der Waals surface area contributed by atoms with Crippen molar-refractivity contribution in [3.8, 4) is 0 Å². The van der Waals surface area contributed by atoms with Crippen LogP contribution in [-0.2, 0) is 16.1 Å². The highest BCUT2D eigenvalue weighted by molar-refractivity contribution is 5.87. The Kier molecular flexibility index (Phi) is 8.46. The number of nitrogens with zero attached hydrogens (tertiary/aromatic N) is 1. The smallest absolute Gasteiger partial charge is 0.240 e. The predicted molar refractivity (Wildman–Crippen MR) is 99.7 cm³/mol. The van der Waals surface area contributed by atoms with E-state index in [1.807, 2.05) is 6.07 Å². The molecule has 2 aliphatic rings. The molecular weight excluding hydrogens is 349 g/mol. The molecule has 1 unspecified atom stereocenters. The first-order valence-electron chi connectivity index (χ1n) is 8.11. The number of morpholine rings is 1. The van der Waals surface area contributed by atoms with E-state index in [1.165, 1.54) is 5.56 Å². The van der Waals surface area contributed by atoms with Crippen LogP contribution in [0, 0.1) is 0 Å². The van der Waals surface area contributed by atoms with E-state index in [-0.39, 0.29) is 36.8 Å². The maximum Gasteiger partial charge on any atom is 0.240 e. The van der Waals surface area contributed by atoms with Gasteiger partial charge in [-0.2, -0.15) is 0 Å². The van der Waals surface area contributed by atoms with Gasteiger partial charge in [0.2, 0.25) is 5.91 Å². The van der Waals surface area contributed by atoms with Crippen LogP contribution in [0.25, 0.3) is 0 Å². The van der Waals surface area contributed by atoms with E-state index in [4.69, 9.17) is 10.5 Å². The molecule has 1 aromatic carbocycles. The molecule has 1 aliphatic heterocycles. The molecule has 3 rings (SSSR count). The molecule has 2 fully saturated rings. The van der Waals surface area contributed by atoms with Gasteiger partial charge in [-0.25, -0.2) is 0 Å². The zero-order valence-corrected chi connectivity index (χ0v) is 15.4. The van der Waals surface area contributed by atoms with Crippen LogP contribution in [0.4, 0.5) is 0 Å². The molecule has 24 heavy (non-hydrogen) atoms. The number of amides is 1. The van der Waals surface area contributed by atoms with Gasteiger partial charge in [0.1, 0.15) is 0 Å². The number of ether oxygens (including phenoxy) is 1. The third-order valence-corrected chi connectivity index (χ3v) is 4.66. The number of carbonyl (C=O) groups is 1. The summed E-state index contributed by atoms with van der Waals surface area (Å²) >= 11 is 0. The molecule has 0 bridgehead atoms. The van der Waals surface area contributed by atoms with Crippen molar-refractivity contribution in [2.24, 2.45) is 5.73 Å². The van der Waals surface area contributed by atoms with E-state index in [1.54, 1.807) is 0 Å². The maximum absolute atomic E-state index is 12.1. The van der Waals surface area contributed by atoms with E-state index < -0.39 is 5.54 Å². The minimum Gasteiger partial charge on any atom is -0.374 e. The molecule has 1 aromatic rings. The first kappa shape index (κ1) is 21.2. The molecule has 136 valence electrons. The highest BCUT2D eigenvalue weighted by atomic mass is 35.5. The van der Waals surface area contributed by atoms with Gasteiger partial charge in [0.05, 0.1) is 18.2 Å². The number of nitrogens with one attached hydrogen (secondary N) is 1. The number of benzene rings is 1. The fourth-order valence-corrected chi connectivity index (χ4v) is 3.06. The molecule has 1 atom stereocenters. The zero-order chi connectivity index (χ0) is 15.4. The lowest BCUT2D eigenvalue weighted by atomic mass is 9.77. The Bertz CT molecular complexity index is 512. The van der Waals surface area contributed by atoms with Gasteiger partial charge in [-0.05, 0) is 24.8 Å².